The summed E-state index contributed by atoms with van der Waals surface area (Å²) in [7, 11) is 0. The summed E-state index contributed by atoms with van der Waals surface area (Å²) in [4.78, 5) is 63.9. The Bertz CT molecular complexity index is 1250. The van der Waals surface area contributed by atoms with Gasteiger partial charge in [-0.05, 0) is 18.1 Å². The normalized spacial score (nSPS) is 13.5. The summed E-state index contributed by atoms with van der Waals surface area (Å²) < 4.78 is 5.01. The van der Waals surface area contributed by atoms with E-state index in [1.54, 1.807) is 26.0 Å². The van der Waals surface area contributed by atoms with E-state index in [0.717, 1.165) is 0 Å². The van der Waals surface area contributed by atoms with Gasteiger partial charge in [0.2, 0.25) is 0 Å². The lowest BCUT2D eigenvalue weighted by atomic mass is 10.0. The van der Waals surface area contributed by atoms with Crippen LogP contribution in [0.2, 0.25) is 25.1 Å². The number of halogens is 5. The number of rotatable bonds is 6. The van der Waals surface area contributed by atoms with Gasteiger partial charge in [-0.1, -0.05) is 84.0 Å². The van der Waals surface area contributed by atoms with Crippen molar-refractivity contribution in [3.05, 3.63) is 66.1 Å². The zero-order chi connectivity index (χ0) is 26.9. The molecule has 0 saturated heterocycles. The standard InChI is InChI=1S/C22H16Cl5N3O6/c1-8(2)18(30-20(33)12-13(21(30)34)15(25)17(27)16(26)14(12)24)22(35)36-7-11(31)28-29-19(32)9-5-3-4-6-10(9)23/h3-6,8,18H,7H2,1-2H3,(H,28,31)(H,29,32)/t18-/m1/s1. The molecule has 2 aromatic carbocycles. The Kier molecular flexibility index (Phi) is 8.74. The van der Waals surface area contributed by atoms with Crippen LogP contribution < -0.4 is 10.9 Å². The Labute approximate surface area is 229 Å². The average molecular weight is 596 g/mol. The average Bonchev–Trinajstić information content (AvgIpc) is 3.09. The zero-order valence-electron chi connectivity index (χ0n) is 18.5. The van der Waals surface area contributed by atoms with E-state index in [1.165, 1.54) is 12.1 Å². The van der Waals surface area contributed by atoms with E-state index < -0.39 is 48.2 Å². The van der Waals surface area contributed by atoms with Crippen LogP contribution in [0.4, 0.5) is 0 Å². The molecule has 0 aromatic heterocycles. The third-order valence-corrected chi connectivity index (χ3v) is 7.19. The fourth-order valence-corrected chi connectivity index (χ4v) is 4.63. The molecule has 0 aliphatic carbocycles. The predicted molar refractivity (Wildman–Crippen MR) is 134 cm³/mol. The largest absolute Gasteiger partial charge is 0.454 e. The number of nitrogens with one attached hydrogen (secondary N) is 2. The summed E-state index contributed by atoms with van der Waals surface area (Å²) in [6, 6.07) is 4.71. The lowest BCUT2D eigenvalue weighted by Crippen LogP contribution is -2.50. The van der Waals surface area contributed by atoms with Crippen molar-refractivity contribution >= 4 is 87.6 Å². The number of esters is 1. The molecule has 2 aromatic rings. The van der Waals surface area contributed by atoms with Gasteiger partial charge < -0.3 is 4.74 Å². The first kappa shape index (κ1) is 28.0. The maximum absolute atomic E-state index is 13.1. The molecule has 2 N–H and O–H groups in total. The molecule has 36 heavy (non-hydrogen) atoms. The van der Waals surface area contributed by atoms with Crippen molar-refractivity contribution in [2.45, 2.75) is 19.9 Å². The number of benzene rings is 2. The molecular weight excluding hydrogens is 580 g/mol. The van der Waals surface area contributed by atoms with E-state index in [4.69, 9.17) is 62.7 Å². The smallest absolute Gasteiger partial charge is 0.330 e. The van der Waals surface area contributed by atoms with Crippen molar-refractivity contribution in [3.63, 3.8) is 0 Å². The van der Waals surface area contributed by atoms with Crippen LogP contribution in [0.15, 0.2) is 24.3 Å². The van der Waals surface area contributed by atoms with Gasteiger partial charge in [-0.15, -0.1) is 0 Å². The van der Waals surface area contributed by atoms with Gasteiger partial charge in [0.15, 0.2) is 6.61 Å². The van der Waals surface area contributed by atoms with Crippen LogP contribution in [0.25, 0.3) is 0 Å². The molecular formula is C22H16Cl5N3O6. The van der Waals surface area contributed by atoms with E-state index >= 15 is 0 Å². The van der Waals surface area contributed by atoms with Crippen LogP contribution in [-0.4, -0.2) is 47.1 Å². The zero-order valence-corrected chi connectivity index (χ0v) is 22.2. The number of nitrogens with zero attached hydrogens (tertiary/aromatic N) is 1. The van der Waals surface area contributed by atoms with Crippen molar-refractivity contribution < 1.29 is 28.7 Å². The molecule has 0 saturated carbocycles. The molecule has 0 bridgehead atoms. The highest BCUT2D eigenvalue weighted by Crippen LogP contribution is 2.45. The minimum atomic E-state index is -1.44. The second-order valence-corrected chi connectivity index (χ2v) is 9.68. The molecule has 0 unspecified atom stereocenters. The first-order valence-electron chi connectivity index (χ1n) is 10.1. The van der Waals surface area contributed by atoms with Gasteiger partial charge in [0.1, 0.15) is 6.04 Å². The number of hydrogen-bond donors (Lipinski definition) is 2. The van der Waals surface area contributed by atoms with Gasteiger partial charge in [0.25, 0.3) is 23.6 Å². The van der Waals surface area contributed by atoms with E-state index in [1.807, 2.05) is 0 Å². The number of fused-ring (bicyclic) bond motifs is 1. The summed E-state index contributed by atoms with van der Waals surface area (Å²) in [6.45, 7) is 2.29. The first-order chi connectivity index (χ1) is 16.9. The SMILES string of the molecule is CC(C)[C@H](C(=O)OCC(=O)NNC(=O)c1ccccc1Cl)N1C(=O)c2c(Cl)c(Cl)c(Cl)c(Cl)c2C1=O. The quantitative estimate of drug-likeness (QED) is 0.166. The van der Waals surface area contributed by atoms with E-state index in [-0.39, 0.29) is 41.8 Å². The molecule has 9 nitrogen and oxygen atoms in total. The number of ether oxygens (including phenoxy) is 1. The van der Waals surface area contributed by atoms with Crippen LogP contribution in [0.5, 0.6) is 0 Å². The summed E-state index contributed by atoms with van der Waals surface area (Å²) in [6.07, 6.45) is 0. The molecule has 3 rings (SSSR count). The number of carbonyl (C=O) groups excluding carboxylic acids is 5. The van der Waals surface area contributed by atoms with Gasteiger partial charge >= 0.3 is 5.97 Å². The van der Waals surface area contributed by atoms with Crippen LogP contribution >= 0.6 is 58.0 Å². The monoisotopic (exact) mass is 593 g/mol. The number of hydrogen-bond acceptors (Lipinski definition) is 6. The molecule has 0 fully saturated rings. The molecule has 0 radical (unpaired) electrons. The van der Waals surface area contributed by atoms with E-state index in [0.29, 0.717) is 4.90 Å². The third-order valence-electron chi connectivity index (χ3n) is 5.06. The van der Waals surface area contributed by atoms with Crippen molar-refractivity contribution in [2.24, 2.45) is 5.92 Å². The number of hydrazine groups is 1. The molecule has 0 spiro atoms. The summed E-state index contributed by atoms with van der Waals surface area (Å²) in [5.74, 6) is -5.13. The Hall–Kier alpha value is -2.56. The lowest BCUT2D eigenvalue weighted by Gasteiger charge is -2.27. The van der Waals surface area contributed by atoms with Crippen LogP contribution in [0.1, 0.15) is 44.9 Å². The van der Waals surface area contributed by atoms with Crippen molar-refractivity contribution in [2.75, 3.05) is 6.61 Å². The van der Waals surface area contributed by atoms with Gasteiger partial charge in [0, 0.05) is 0 Å². The molecule has 1 atom stereocenters. The highest BCUT2D eigenvalue weighted by Gasteiger charge is 2.48. The second-order valence-electron chi connectivity index (χ2n) is 7.76. The summed E-state index contributed by atoms with van der Waals surface area (Å²) >= 11 is 30.2. The summed E-state index contributed by atoms with van der Waals surface area (Å²) in [5.41, 5.74) is 3.73. The van der Waals surface area contributed by atoms with Crippen LogP contribution in [0.3, 0.4) is 0 Å². The van der Waals surface area contributed by atoms with Crippen molar-refractivity contribution in [1.82, 2.24) is 15.8 Å². The molecule has 1 aliphatic rings. The Morgan fingerprint density at radius 1 is 0.861 bits per heavy atom. The van der Waals surface area contributed by atoms with Crippen molar-refractivity contribution in [3.8, 4) is 0 Å². The minimum Gasteiger partial charge on any atom is -0.454 e. The number of imide groups is 1. The second kappa shape index (κ2) is 11.2. The van der Waals surface area contributed by atoms with Crippen LogP contribution in [0, 0.1) is 5.92 Å². The Morgan fingerprint density at radius 3 is 1.89 bits per heavy atom. The maximum Gasteiger partial charge on any atom is 0.330 e. The van der Waals surface area contributed by atoms with Crippen LogP contribution in [-0.2, 0) is 14.3 Å². The molecule has 4 amide bonds. The van der Waals surface area contributed by atoms with Gasteiger partial charge in [-0.25, -0.2) is 4.79 Å². The van der Waals surface area contributed by atoms with Gasteiger partial charge in [0.05, 0.1) is 41.8 Å². The Morgan fingerprint density at radius 2 is 1.39 bits per heavy atom. The van der Waals surface area contributed by atoms with E-state index in [2.05, 4.69) is 10.9 Å². The first-order valence-corrected chi connectivity index (χ1v) is 12.0. The highest BCUT2D eigenvalue weighted by atomic mass is 35.5. The maximum atomic E-state index is 13.1. The highest BCUT2D eigenvalue weighted by molar-refractivity contribution is 6.55. The summed E-state index contributed by atoms with van der Waals surface area (Å²) in [5, 5.41) is -0.842. The molecule has 1 aliphatic heterocycles. The molecule has 190 valence electrons. The van der Waals surface area contributed by atoms with Gasteiger partial charge in [-0.2, -0.15) is 0 Å². The van der Waals surface area contributed by atoms with E-state index in [9.17, 15) is 24.0 Å². The predicted octanol–water partition coefficient (Wildman–Crippen LogP) is 4.58. The number of carbonyl (C=O) groups is 5. The lowest BCUT2D eigenvalue weighted by molar-refractivity contribution is -0.153. The fraction of sp³-hybridized carbons (Fsp3) is 0.227. The third kappa shape index (κ3) is 5.26. The van der Waals surface area contributed by atoms with Gasteiger partial charge in [-0.3, -0.25) is 34.9 Å². The fourth-order valence-electron chi connectivity index (χ4n) is 3.39. The molecule has 14 heteroatoms. The minimum absolute atomic E-state index is 0.111. The van der Waals surface area contributed by atoms with Crippen molar-refractivity contribution in [1.29, 1.82) is 0 Å². The molecule has 1 heterocycles. The number of amides is 4. The topological polar surface area (TPSA) is 122 Å². The Balaban J connectivity index is 1.71.